The van der Waals surface area contributed by atoms with Gasteiger partial charge in [-0.15, -0.1) is 0 Å². The van der Waals surface area contributed by atoms with Gasteiger partial charge < -0.3 is 0 Å². The average molecular weight is 656 g/mol. The van der Waals surface area contributed by atoms with Crippen LogP contribution in [0.2, 0.25) is 0 Å². The Labute approximate surface area is 215 Å². The summed E-state index contributed by atoms with van der Waals surface area (Å²) in [6.07, 6.45) is -10.8. The number of hydrogen-bond donors (Lipinski definition) is 0. The smallest absolute Gasteiger partial charge is 0.200 e. The SMILES string of the molecule is CC1(C)[C@H]2CC[C@H](CC(F)(F)C(F)(F)C(F)(F)C(F)(F)C(F)(F)C(F)(F)C(F)(F)C(F)(F)C(F)(F)C(F)(F)F)[C@H]1C2. The van der Waals surface area contributed by atoms with Gasteiger partial charge in [0.2, 0.25) is 0 Å². The maximum absolute atomic E-state index is 14.4. The summed E-state index contributed by atoms with van der Waals surface area (Å²) >= 11 is 0. The first kappa shape index (κ1) is 35.7. The number of fused-ring (bicyclic) bond motifs is 2. The van der Waals surface area contributed by atoms with E-state index in [1.54, 1.807) is 0 Å². The van der Waals surface area contributed by atoms with Gasteiger partial charge in [-0.2, -0.15) is 92.2 Å². The molecule has 0 aromatic heterocycles. The highest BCUT2D eigenvalue weighted by molar-refractivity contribution is 5.18. The van der Waals surface area contributed by atoms with Crippen molar-refractivity contribution in [3.8, 4) is 0 Å². The van der Waals surface area contributed by atoms with E-state index < -0.39 is 89.6 Å². The Bertz CT molecular complexity index is 985. The van der Waals surface area contributed by atoms with Crippen molar-refractivity contribution in [2.45, 2.75) is 99.0 Å². The van der Waals surface area contributed by atoms with Gasteiger partial charge in [0.25, 0.3) is 0 Å². The molecule has 2 bridgehead atoms. The molecule has 3 aliphatic carbocycles. The highest BCUT2D eigenvalue weighted by Crippen LogP contribution is 2.68. The fourth-order valence-electron chi connectivity index (χ4n) is 5.26. The van der Waals surface area contributed by atoms with Crippen LogP contribution in [0.1, 0.15) is 39.5 Å². The standard InChI is InChI=1S/C20H17F21/c1-10(2)8-4-3-7(9(10)5-8)6-11(21,22)12(23,24)13(25,26)14(27,28)15(29,30)16(31,32)17(33,34)18(35,36)19(37,38)20(39,40)41/h7-9H,3-6H2,1-2H3/t7-,8+,9-/m1/s1. The molecule has 3 aliphatic rings. The maximum Gasteiger partial charge on any atom is 0.460 e. The molecule has 0 aromatic carbocycles. The molecular weight excluding hydrogens is 639 g/mol. The molecule has 0 spiro atoms. The fraction of sp³-hybridized carbons (Fsp3) is 1.00. The van der Waals surface area contributed by atoms with Crippen molar-refractivity contribution in [2.75, 3.05) is 0 Å². The minimum atomic E-state index is -9.13. The molecular formula is C20H17F21. The lowest BCUT2D eigenvalue weighted by molar-refractivity contribution is -0.474. The lowest BCUT2D eigenvalue weighted by Crippen LogP contribution is -2.76. The van der Waals surface area contributed by atoms with E-state index in [9.17, 15) is 92.2 Å². The maximum atomic E-state index is 14.4. The Balaban J connectivity index is 2.55. The third-order valence-corrected chi connectivity index (χ3v) is 8.10. The van der Waals surface area contributed by atoms with Crippen molar-refractivity contribution >= 4 is 0 Å². The largest absolute Gasteiger partial charge is 0.460 e. The zero-order valence-corrected chi connectivity index (χ0v) is 20.0. The Morgan fingerprint density at radius 1 is 0.463 bits per heavy atom. The second-order valence-corrected chi connectivity index (χ2v) is 10.7. The van der Waals surface area contributed by atoms with Crippen LogP contribution in [0.5, 0.6) is 0 Å². The van der Waals surface area contributed by atoms with Gasteiger partial charge in [-0.1, -0.05) is 13.8 Å². The second kappa shape index (κ2) is 9.03. The van der Waals surface area contributed by atoms with Crippen molar-refractivity contribution in [1.82, 2.24) is 0 Å². The van der Waals surface area contributed by atoms with E-state index in [4.69, 9.17) is 0 Å². The van der Waals surface area contributed by atoms with Crippen LogP contribution in [-0.4, -0.2) is 59.5 Å². The first-order valence-electron chi connectivity index (χ1n) is 11.0. The molecule has 3 rings (SSSR count). The van der Waals surface area contributed by atoms with Crippen LogP contribution in [0.25, 0.3) is 0 Å². The van der Waals surface area contributed by atoms with Crippen LogP contribution in [-0.2, 0) is 0 Å². The number of hydrogen-bond acceptors (Lipinski definition) is 0. The summed E-state index contributed by atoms with van der Waals surface area (Å²) < 4.78 is 284. The Hall–Kier alpha value is -1.47. The topological polar surface area (TPSA) is 0 Å². The van der Waals surface area contributed by atoms with Crippen LogP contribution >= 0.6 is 0 Å². The van der Waals surface area contributed by atoms with Crippen LogP contribution in [0.3, 0.4) is 0 Å². The summed E-state index contributed by atoms with van der Waals surface area (Å²) in [4.78, 5) is 0. The van der Waals surface area contributed by atoms with Crippen LogP contribution in [0.15, 0.2) is 0 Å². The number of alkyl halides is 21. The summed E-state index contributed by atoms with van der Waals surface area (Å²) in [7, 11) is 0. The van der Waals surface area contributed by atoms with Crippen LogP contribution in [0.4, 0.5) is 92.2 Å². The number of rotatable bonds is 10. The molecule has 0 heterocycles. The van der Waals surface area contributed by atoms with E-state index in [2.05, 4.69) is 0 Å². The van der Waals surface area contributed by atoms with Gasteiger partial charge >= 0.3 is 59.5 Å². The molecule has 0 N–H and O–H groups in total. The first-order chi connectivity index (χ1) is 17.6. The lowest BCUT2D eigenvalue weighted by Gasteiger charge is -2.60. The third-order valence-electron chi connectivity index (χ3n) is 8.10. The summed E-state index contributed by atoms with van der Waals surface area (Å²) in [6, 6.07) is 0. The zero-order valence-electron chi connectivity index (χ0n) is 20.0. The average Bonchev–Trinajstić information content (AvgIpc) is 2.76. The normalized spacial score (nSPS) is 25.7. The second-order valence-electron chi connectivity index (χ2n) is 10.7. The van der Waals surface area contributed by atoms with Gasteiger partial charge in [0.1, 0.15) is 0 Å². The molecule has 0 radical (unpaired) electrons. The lowest BCUT2D eigenvalue weighted by atomic mass is 9.45. The molecule has 0 amide bonds. The van der Waals surface area contributed by atoms with Crippen molar-refractivity contribution in [3.63, 3.8) is 0 Å². The van der Waals surface area contributed by atoms with Crippen LogP contribution in [0, 0.1) is 23.2 Å². The summed E-state index contributed by atoms with van der Waals surface area (Å²) in [5, 5.41) is 0. The first-order valence-corrected chi connectivity index (χ1v) is 11.0. The zero-order chi connectivity index (χ0) is 33.1. The minimum Gasteiger partial charge on any atom is -0.200 e. The van der Waals surface area contributed by atoms with Gasteiger partial charge in [0, 0.05) is 6.42 Å². The highest BCUT2D eigenvalue weighted by atomic mass is 19.4. The Morgan fingerprint density at radius 2 is 0.780 bits per heavy atom. The summed E-state index contributed by atoms with van der Waals surface area (Å²) in [6.45, 7) is 2.86. The molecule has 21 heteroatoms. The predicted octanol–water partition coefficient (Wildman–Crippen LogP) is 9.73. The molecule has 0 saturated heterocycles. The van der Waals surface area contributed by atoms with E-state index >= 15 is 0 Å². The molecule has 0 unspecified atom stereocenters. The van der Waals surface area contributed by atoms with E-state index in [-0.39, 0.29) is 18.8 Å². The third kappa shape index (κ3) is 4.29. The predicted molar refractivity (Wildman–Crippen MR) is 93.3 cm³/mol. The molecule has 3 fully saturated rings. The monoisotopic (exact) mass is 656 g/mol. The van der Waals surface area contributed by atoms with Gasteiger partial charge in [0.15, 0.2) is 0 Å². The molecule has 3 saturated carbocycles. The van der Waals surface area contributed by atoms with Gasteiger partial charge in [0.05, 0.1) is 0 Å². The Morgan fingerprint density at radius 3 is 1.07 bits per heavy atom. The van der Waals surface area contributed by atoms with E-state index in [0.29, 0.717) is 0 Å². The number of halogens is 21. The van der Waals surface area contributed by atoms with E-state index in [1.165, 1.54) is 13.8 Å². The molecule has 41 heavy (non-hydrogen) atoms. The molecule has 3 atom stereocenters. The van der Waals surface area contributed by atoms with Crippen LogP contribution < -0.4 is 0 Å². The van der Waals surface area contributed by atoms with Crippen molar-refractivity contribution in [3.05, 3.63) is 0 Å². The molecule has 0 aromatic rings. The Kier molecular flexibility index (Phi) is 7.87. The molecule has 0 aliphatic heterocycles. The molecule has 244 valence electrons. The van der Waals surface area contributed by atoms with Gasteiger partial charge in [-0.3, -0.25) is 0 Å². The van der Waals surface area contributed by atoms with Crippen molar-refractivity contribution in [1.29, 1.82) is 0 Å². The highest BCUT2D eigenvalue weighted by Gasteiger charge is 2.97. The van der Waals surface area contributed by atoms with Crippen molar-refractivity contribution in [2.24, 2.45) is 23.2 Å². The van der Waals surface area contributed by atoms with Gasteiger partial charge in [-0.25, -0.2) is 0 Å². The fourth-order valence-corrected chi connectivity index (χ4v) is 5.26. The quantitative estimate of drug-likeness (QED) is 0.206. The minimum absolute atomic E-state index is 0.0263. The van der Waals surface area contributed by atoms with E-state index in [1.807, 2.05) is 0 Å². The van der Waals surface area contributed by atoms with E-state index in [0.717, 1.165) is 0 Å². The molecule has 0 nitrogen and oxygen atoms in total. The van der Waals surface area contributed by atoms with Crippen molar-refractivity contribution < 1.29 is 92.2 Å². The summed E-state index contributed by atoms with van der Waals surface area (Å²) in [5.41, 5.74) is -0.870. The summed E-state index contributed by atoms with van der Waals surface area (Å²) in [5.74, 6) is -79.1. The van der Waals surface area contributed by atoms with Gasteiger partial charge in [-0.05, 0) is 42.4 Å².